The van der Waals surface area contributed by atoms with Crippen molar-refractivity contribution >= 4 is 28.4 Å². The minimum atomic E-state index is -0.272. The Kier molecular flexibility index (Phi) is 7.64. The van der Waals surface area contributed by atoms with E-state index >= 15 is 0 Å². The summed E-state index contributed by atoms with van der Waals surface area (Å²) in [5.41, 5.74) is 0.696. The molecule has 0 aliphatic rings. The maximum atomic E-state index is 11.3. The molecule has 20 heavy (non-hydrogen) atoms. The number of aromatic nitrogens is 1. The van der Waals surface area contributed by atoms with Crippen molar-refractivity contribution < 1.29 is 19.1 Å². The molecule has 6 nitrogen and oxygen atoms in total. The van der Waals surface area contributed by atoms with E-state index in [0.717, 1.165) is 5.13 Å². The van der Waals surface area contributed by atoms with E-state index in [1.165, 1.54) is 11.3 Å². The van der Waals surface area contributed by atoms with E-state index in [0.29, 0.717) is 38.3 Å². The Morgan fingerprint density at radius 3 is 2.65 bits per heavy atom. The van der Waals surface area contributed by atoms with Crippen molar-refractivity contribution in [1.29, 1.82) is 0 Å². The first-order valence-corrected chi connectivity index (χ1v) is 7.53. The number of ether oxygens (including phenoxy) is 2. The van der Waals surface area contributed by atoms with Gasteiger partial charge in [-0.05, 0) is 20.3 Å². The molecule has 0 spiro atoms. The lowest BCUT2D eigenvalue weighted by Crippen LogP contribution is -2.09. The average Bonchev–Trinajstić information content (AvgIpc) is 2.83. The van der Waals surface area contributed by atoms with Crippen LogP contribution in [0.1, 0.15) is 32.4 Å². The second-order valence-corrected chi connectivity index (χ2v) is 4.82. The van der Waals surface area contributed by atoms with Crippen molar-refractivity contribution in [3.05, 3.63) is 11.1 Å². The van der Waals surface area contributed by atoms with Crippen LogP contribution in [0.5, 0.6) is 0 Å². The fourth-order valence-corrected chi connectivity index (χ4v) is 2.23. The van der Waals surface area contributed by atoms with Crippen LogP contribution in [0, 0.1) is 0 Å². The molecule has 0 unspecified atom stereocenters. The van der Waals surface area contributed by atoms with Crippen molar-refractivity contribution in [2.45, 2.75) is 33.1 Å². The Balaban J connectivity index is 2.23. The Bertz CT molecular complexity index is 434. The molecular weight excluding hydrogens is 280 g/mol. The summed E-state index contributed by atoms with van der Waals surface area (Å²) in [7, 11) is 0. The number of thiazole rings is 1. The normalized spacial score (nSPS) is 10.1. The van der Waals surface area contributed by atoms with Crippen LogP contribution in [-0.2, 0) is 25.5 Å². The fraction of sp³-hybridized carbons (Fsp3) is 0.615. The number of carbonyl (C=O) groups is 2. The van der Waals surface area contributed by atoms with E-state index in [1.807, 2.05) is 5.38 Å². The minimum Gasteiger partial charge on any atom is -0.466 e. The zero-order chi connectivity index (χ0) is 14.8. The monoisotopic (exact) mass is 300 g/mol. The van der Waals surface area contributed by atoms with Crippen LogP contribution in [0.4, 0.5) is 5.13 Å². The Hall–Kier alpha value is -1.63. The van der Waals surface area contributed by atoms with Gasteiger partial charge in [-0.3, -0.25) is 9.59 Å². The third-order valence-electron chi connectivity index (χ3n) is 2.32. The van der Waals surface area contributed by atoms with Crippen molar-refractivity contribution in [2.24, 2.45) is 0 Å². The lowest BCUT2D eigenvalue weighted by atomic mass is 10.3. The molecule has 0 aromatic carbocycles. The van der Waals surface area contributed by atoms with Gasteiger partial charge in [0.2, 0.25) is 0 Å². The lowest BCUT2D eigenvalue weighted by molar-refractivity contribution is -0.143. The van der Waals surface area contributed by atoms with Crippen molar-refractivity contribution in [2.75, 3.05) is 25.1 Å². The third kappa shape index (κ3) is 6.51. The number of nitrogens with one attached hydrogen (secondary N) is 1. The van der Waals surface area contributed by atoms with Gasteiger partial charge < -0.3 is 14.8 Å². The smallest absolute Gasteiger partial charge is 0.311 e. The highest BCUT2D eigenvalue weighted by atomic mass is 32.1. The van der Waals surface area contributed by atoms with Crippen molar-refractivity contribution in [1.82, 2.24) is 4.98 Å². The molecule has 0 atom stereocenters. The summed E-state index contributed by atoms with van der Waals surface area (Å²) in [5, 5.41) is 5.68. The molecule has 0 aliphatic heterocycles. The van der Waals surface area contributed by atoms with Gasteiger partial charge in [-0.2, -0.15) is 0 Å². The van der Waals surface area contributed by atoms with Crippen molar-refractivity contribution in [3.8, 4) is 0 Å². The summed E-state index contributed by atoms with van der Waals surface area (Å²) in [5.74, 6) is -0.455. The molecule has 0 saturated heterocycles. The first-order chi connectivity index (χ1) is 9.65. The van der Waals surface area contributed by atoms with E-state index in [1.54, 1.807) is 13.8 Å². The molecule has 0 fully saturated rings. The van der Waals surface area contributed by atoms with E-state index in [2.05, 4.69) is 10.3 Å². The van der Waals surface area contributed by atoms with E-state index < -0.39 is 0 Å². The van der Waals surface area contributed by atoms with Gasteiger partial charge in [0.25, 0.3) is 0 Å². The lowest BCUT2D eigenvalue weighted by Gasteiger charge is -2.03. The van der Waals surface area contributed by atoms with Gasteiger partial charge >= 0.3 is 11.9 Å². The number of hydrogen-bond donors (Lipinski definition) is 1. The molecular formula is C13H20N2O4S. The molecule has 0 radical (unpaired) electrons. The van der Waals surface area contributed by atoms with Gasteiger partial charge in [0.05, 0.1) is 25.3 Å². The van der Waals surface area contributed by atoms with E-state index in [-0.39, 0.29) is 18.4 Å². The molecule has 1 N–H and O–H groups in total. The molecule has 1 rings (SSSR count). The number of anilines is 1. The van der Waals surface area contributed by atoms with Crippen LogP contribution in [0.2, 0.25) is 0 Å². The summed E-state index contributed by atoms with van der Waals surface area (Å²) in [6.07, 6.45) is 1.27. The number of carbonyl (C=O) groups excluding carboxylic acids is 2. The van der Waals surface area contributed by atoms with Crippen LogP contribution < -0.4 is 5.32 Å². The van der Waals surface area contributed by atoms with Crippen LogP contribution in [-0.4, -0.2) is 36.7 Å². The van der Waals surface area contributed by atoms with Gasteiger partial charge in [0.15, 0.2) is 5.13 Å². The second-order valence-electron chi connectivity index (χ2n) is 3.96. The van der Waals surface area contributed by atoms with Crippen LogP contribution in [0.15, 0.2) is 5.38 Å². The van der Waals surface area contributed by atoms with Crippen LogP contribution in [0.3, 0.4) is 0 Å². The Labute approximate surface area is 122 Å². The highest BCUT2D eigenvalue weighted by Crippen LogP contribution is 2.16. The second kappa shape index (κ2) is 9.30. The maximum Gasteiger partial charge on any atom is 0.311 e. The zero-order valence-electron chi connectivity index (χ0n) is 11.8. The van der Waals surface area contributed by atoms with Gasteiger partial charge in [0, 0.05) is 18.3 Å². The summed E-state index contributed by atoms with van der Waals surface area (Å²) >= 11 is 1.43. The van der Waals surface area contributed by atoms with E-state index in [4.69, 9.17) is 9.47 Å². The SMILES string of the molecule is CCOC(=O)CCCNc1nc(CC(=O)OCC)cs1. The van der Waals surface area contributed by atoms with Gasteiger partial charge in [-0.15, -0.1) is 11.3 Å². The molecule has 1 heterocycles. The Morgan fingerprint density at radius 1 is 1.25 bits per heavy atom. The maximum absolute atomic E-state index is 11.3. The van der Waals surface area contributed by atoms with E-state index in [9.17, 15) is 9.59 Å². The topological polar surface area (TPSA) is 77.5 Å². The predicted molar refractivity (Wildman–Crippen MR) is 76.8 cm³/mol. The largest absolute Gasteiger partial charge is 0.466 e. The van der Waals surface area contributed by atoms with Gasteiger partial charge in [-0.25, -0.2) is 4.98 Å². The van der Waals surface area contributed by atoms with Crippen LogP contribution in [0.25, 0.3) is 0 Å². The highest BCUT2D eigenvalue weighted by Gasteiger charge is 2.08. The first kappa shape index (κ1) is 16.4. The quantitative estimate of drug-likeness (QED) is 0.555. The molecule has 112 valence electrons. The average molecular weight is 300 g/mol. The van der Waals surface area contributed by atoms with Crippen LogP contribution >= 0.6 is 11.3 Å². The minimum absolute atomic E-state index is 0.184. The molecule has 0 bridgehead atoms. The molecule has 0 aliphatic carbocycles. The number of rotatable bonds is 9. The standard InChI is InChI=1S/C13H20N2O4S/c1-3-18-11(16)6-5-7-14-13-15-10(9-20-13)8-12(17)19-4-2/h9H,3-8H2,1-2H3,(H,14,15). The summed E-state index contributed by atoms with van der Waals surface area (Å²) in [4.78, 5) is 26.7. The first-order valence-electron chi connectivity index (χ1n) is 6.65. The number of hydrogen-bond acceptors (Lipinski definition) is 7. The summed E-state index contributed by atoms with van der Waals surface area (Å²) < 4.78 is 9.69. The van der Waals surface area contributed by atoms with Gasteiger partial charge in [0.1, 0.15) is 0 Å². The summed E-state index contributed by atoms with van der Waals surface area (Å²) in [6.45, 7) is 5.00. The molecule has 1 aromatic heterocycles. The number of nitrogens with zero attached hydrogens (tertiary/aromatic N) is 1. The highest BCUT2D eigenvalue weighted by molar-refractivity contribution is 7.13. The molecule has 7 heteroatoms. The molecule has 1 aromatic rings. The molecule has 0 saturated carbocycles. The third-order valence-corrected chi connectivity index (χ3v) is 3.17. The Morgan fingerprint density at radius 2 is 1.95 bits per heavy atom. The van der Waals surface area contributed by atoms with Crippen molar-refractivity contribution in [3.63, 3.8) is 0 Å². The molecule has 0 amide bonds. The fourth-order valence-electron chi connectivity index (χ4n) is 1.49. The van der Waals surface area contributed by atoms with Gasteiger partial charge in [-0.1, -0.05) is 0 Å². The zero-order valence-corrected chi connectivity index (χ0v) is 12.6. The summed E-state index contributed by atoms with van der Waals surface area (Å²) in [6, 6.07) is 0. The predicted octanol–water partition coefficient (Wildman–Crippen LogP) is 2.00. The number of esters is 2.